The van der Waals surface area contributed by atoms with Crippen molar-refractivity contribution in [3.63, 3.8) is 0 Å². The summed E-state index contributed by atoms with van der Waals surface area (Å²) in [6.45, 7) is 0. The number of benzene rings is 2. The molecule has 2 rings (SSSR count). The van der Waals surface area contributed by atoms with Gasteiger partial charge in [0.1, 0.15) is 0 Å². The number of rotatable bonds is 2. The summed E-state index contributed by atoms with van der Waals surface area (Å²) >= 11 is 0. The minimum absolute atomic E-state index is 0. The van der Waals surface area contributed by atoms with Crippen LogP contribution in [-0.4, -0.2) is 5.78 Å². The average Bonchev–Trinajstić information content (AvgIpc) is 2.30. The maximum Gasteiger partial charge on any atom is 1.00 e. The first-order chi connectivity index (χ1) is 7.27. The molecule has 16 heavy (non-hydrogen) atoms. The zero-order valence-electron chi connectivity index (χ0n) is 9.10. The average molecular weight is 219 g/mol. The molecule has 0 aliphatic rings. The maximum atomic E-state index is 11.9. The van der Waals surface area contributed by atoms with Gasteiger partial charge in [0, 0.05) is 11.1 Å². The third kappa shape index (κ3) is 2.95. The molecule has 0 spiro atoms. The van der Waals surface area contributed by atoms with E-state index in [1.54, 1.807) is 36.4 Å². The Balaban J connectivity index is 0.00000128. The summed E-state index contributed by atoms with van der Waals surface area (Å²) in [5.41, 5.74) is 9.04. The van der Waals surface area contributed by atoms with Gasteiger partial charge >= 0.3 is 29.6 Å². The standard InChI is InChI=1S/C13H11NO.Na/c14-12-8-6-11(7-9-12)13(15)10-4-2-1-3-5-10;/h1-9H,(H2,14,15);/q;+1/p-1. The van der Waals surface area contributed by atoms with Gasteiger partial charge in [0.2, 0.25) is 0 Å². The van der Waals surface area contributed by atoms with Gasteiger partial charge in [-0.3, -0.25) is 4.79 Å². The second-order valence-electron chi connectivity index (χ2n) is 3.27. The first-order valence-corrected chi connectivity index (χ1v) is 4.69. The summed E-state index contributed by atoms with van der Waals surface area (Å²) in [7, 11) is 0. The van der Waals surface area contributed by atoms with Crippen molar-refractivity contribution in [3.05, 3.63) is 71.5 Å². The fraction of sp³-hybridized carbons (Fsp3) is 0. The van der Waals surface area contributed by atoms with Crippen LogP contribution in [0.25, 0.3) is 5.73 Å². The van der Waals surface area contributed by atoms with E-state index in [4.69, 9.17) is 5.73 Å². The number of ketones is 1. The van der Waals surface area contributed by atoms with Crippen molar-refractivity contribution in [3.8, 4) is 0 Å². The molecule has 0 aliphatic carbocycles. The summed E-state index contributed by atoms with van der Waals surface area (Å²) in [6.07, 6.45) is 0. The molecule has 1 N–H and O–H groups in total. The molecule has 0 heterocycles. The van der Waals surface area contributed by atoms with Crippen LogP contribution in [0.3, 0.4) is 0 Å². The molecule has 0 atom stereocenters. The topological polar surface area (TPSA) is 40.9 Å². The van der Waals surface area contributed by atoms with Crippen LogP contribution in [0.5, 0.6) is 0 Å². The third-order valence-corrected chi connectivity index (χ3v) is 2.18. The Morgan fingerprint density at radius 1 is 0.812 bits per heavy atom. The van der Waals surface area contributed by atoms with Gasteiger partial charge in [-0.05, 0) is 0 Å². The van der Waals surface area contributed by atoms with Gasteiger partial charge in [0.05, 0.1) is 0 Å². The van der Waals surface area contributed by atoms with E-state index in [-0.39, 0.29) is 35.3 Å². The van der Waals surface area contributed by atoms with Crippen LogP contribution in [0.15, 0.2) is 54.6 Å². The van der Waals surface area contributed by atoms with Gasteiger partial charge in [-0.25, -0.2) is 0 Å². The van der Waals surface area contributed by atoms with E-state index in [1.807, 2.05) is 18.2 Å². The molecule has 3 heteroatoms. The molecule has 0 saturated carbocycles. The van der Waals surface area contributed by atoms with Gasteiger partial charge in [0.15, 0.2) is 5.78 Å². The predicted octanol–water partition coefficient (Wildman–Crippen LogP) is 0.605. The molecule has 0 radical (unpaired) electrons. The molecule has 2 nitrogen and oxygen atoms in total. The van der Waals surface area contributed by atoms with Gasteiger partial charge in [-0.2, -0.15) is 0 Å². The van der Waals surface area contributed by atoms with Gasteiger partial charge in [0.25, 0.3) is 0 Å². The van der Waals surface area contributed by atoms with E-state index in [0.717, 1.165) is 0 Å². The number of hydrogen-bond acceptors (Lipinski definition) is 1. The molecule has 0 saturated heterocycles. The third-order valence-electron chi connectivity index (χ3n) is 2.18. The number of hydrogen-bond donors (Lipinski definition) is 0. The quantitative estimate of drug-likeness (QED) is 0.538. The van der Waals surface area contributed by atoms with Crippen molar-refractivity contribution >= 4 is 11.5 Å². The van der Waals surface area contributed by atoms with Crippen LogP contribution >= 0.6 is 0 Å². The van der Waals surface area contributed by atoms with Crippen LogP contribution in [-0.2, 0) is 0 Å². The summed E-state index contributed by atoms with van der Waals surface area (Å²) in [5.74, 6) is -0.00407. The summed E-state index contributed by atoms with van der Waals surface area (Å²) in [5, 5.41) is 0. The van der Waals surface area contributed by atoms with E-state index < -0.39 is 0 Å². The molecule has 0 aliphatic heterocycles. The van der Waals surface area contributed by atoms with Crippen molar-refractivity contribution in [1.82, 2.24) is 0 Å². The van der Waals surface area contributed by atoms with Gasteiger partial charge in [-0.1, -0.05) is 54.6 Å². The first kappa shape index (κ1) is 13.0. The van der Waals surface area contributed by atoms with Crippen LogP contribution < -0.4 is 29.6 Å². The molecule has 0 amide bonds. The molecular weight excluding hydrogens is 209 g/mol. The normalized spacial score (nSPS) is 9.25. The Labute approximate surface area is 117 Å². The molecule has 74 valence electrons. The monoisotopic (exact) mass is 219 g/mol. The SMILES string of the molecule is [NH-]c1ccc(C(=O)c2ccccc2)cc1.[Na+]. The van der Waals surface area contributed by atoms with E-state index in [2.05, 4.69) is 0 Å². The summed E-state index contributed by atoms with van der Waals surface area (Å²) < 4.78 is 0. The van der Waals surface area contributed by atoms with E-state index in [1.165, 1.54) is 0 Å². The maximum absolute atomic E-state index is 11.9. The van der Waals surface area contributed by atoms with Gasteiger partial charge < -0.3 is 5.73 Å². The van der Waals surface area contributed by atoms with Crippen molar-refractivity contribution in [2.45, 2.75) is 0 Å². The van der Waals surface area contributed by atoms with Crippen LogP contribution in [0.1, 0.15) is 15.9 Å². The molecule has 0 bridgehead atoms. The van der Waals surface area contributed by atoms with E-state index in [9.17, 15) is 4.79 Å². The number of carbonyl (C=O) groups is 1. The van der Waals surface area contributed by atoms with Crippen molar-refractivity contribution in [2.24, 2.45) is 0 Å². The zero-order chi connectivity index (χ0) is 10.7. The Bertz CT molecular complexity index is 465. The van der Waals surface area contributed by atoms with Gasteiger partial charge in [-0.15, -0.1) is 5.69 Å². The predicted molar refractivity (Wildman–Crippen MR) is 60.3 cm³/mol. The fourth-order valence-corrected chi connectivity index (χ4v) is 1.38. The smallest absolute Gasteiger partial charge is 0.699 e. The van der Waals surface area contributed by atoms with Crippen molar-refractivity contribution < 1.29 is 34.4 Å². The van der Waals surface area contributed by atoms with E-state index in [0.29, 0.717) is 16.8 Å². The molecule has 0 aromatic heterocycles. The number of carbonyl (C=O) groups excluding carboxylic acids is 1. The Morgan fingerprint density at radius 2 is 1.31 bits per heavy atom. The van der Waals surface area contributed by atoms with E-state index >= 15 is 0 Å². The minimum atomic E-state index is -0.00407. The first-order valence-electron chi connectivity index (χ1n) is 4.69. The molecular formula is C13H10NNaO. The fourth-order valence-electron chi connectivity index (χ4n) is 1.38. The summed E-state index contributed by atoms with van der Waals surface area (Å²) in [4.78, 5) is 11.9. The van der Waals surface area contributed by atoms with Crippen molar-refractivity contribution in [2.75, 3.05) is 0 Å². The molecule has 2 aromatic carbocycles. The van der Waals surface area contributed by atoms with Crippen LogP contribution in [0.2, 0.25) is 0 Å². The summed E-state index contributed by atoms with van der Waals surface area (Å²) in [6, 6.07) is 15.7. The Hall–Kier alpha value is -1.09. The van der Waals surface area contributed by atoms with Crippen LogP contribution in [0.4, 0.5) is 5.69 Å². The molecule has 2 aromatic rings. The molecule has 0 unspecified atom stereocenters. The Morgan fingerprint density at radius 3 is 1.88 bits per heavy atom. The second-order valence-corrected chi connectivity index (χ2v) is 3.27. The number of nitrogens with one attached hydrogen (secondary N) is 1. The second kappa shape index (κ2) is 5.85. The van der Waals surface area contributed by atoms with Crippen LogP contribution in [0, 0.1) is 0 Å². The zero-order valence-corrected chi connectivity index (χ0v) is 11.1. The van der Waals surface area contributed by atoms with Crippen molar-refractivity contribution in [1.29, 1.82) is 0 Å². The minimum Gasteiger partial charge on any atom is -0.699 e. The molecule has 0 fully saturated rings. The largest absolute Gasteiger partial charge is 1.00 e. The Kier molecular flexibility index (Phi) is 4.74.